The molecule has 0 aromatic heterocycles. The first kappa shape index (κ1) is 13.5. The summed E-state index contributed by atoms with van der Waals surface area (Å²) in [5, 5.41) is 3.66. The van der Waals surface area contributed by atoms with Gasteiger partial charge < -0.3 is 5.32 Å². The van der Waals surface area contributed by atoms with Crippen molar-refractivity contribution in [1.82, 2.24) is 0 Å². The molecule has 0 amide bonds. The third-order valence-electron chi connectivity index (χ3n) is 3.85. The molecule has 18 heavy (non-hydrogen) atoms. The smallest absolute Gasteiger partial charge is 0.0380 e. The molecule has 0 saturated carbocycles. The Kier molecular flexibility index (Phi) is 4.31. The molecule has 1 aromatic rings. The molecule has 1 aliphatic rings. The van der Waals surface area contributed by atoms with Gasteiger partial charge in [0.1, 0.15) is 0 Å². The number of fused-ring (bicyclic) bond motifs is 1. The second-order valence-electron chi connectivity index (χ2n) is 6.22. The minimum atomic E-state index is 0.514. The van der Waals surface area contributed by atoms with E-state index in [1.165, 1.54) is 43.4 Å². The van der Waals surface area contributed by atoms with Crippen LogP contribution in [0, 0.1) is 0 Å². The molecule has 0 fully saturated rings. The topological polar surface area (TPSA) is 12.0 Å². The van der Waals surface area contributed by atoms with Crippen molar-refractivity contribution >= 4 is 5.69 Å². The lowest BCUT2D eigenvalue weighted by atomic mass is 9.93. The maximum atomic E-state index is 3.66. The summed E-state index contributed by atoms with van der Waals surface area (Å²) in [4.78, 5) is 0. The van der Waals surface area contributed by atoms with Gasteiger partial charge in [0.05, 0.1) is 0 Å². The van der Waals surface area contributed by atoms with Crippen LogP contribution < -0.4 is 5.32 Å². The lowest BCUT2D eigenvalue weighted by Crippen LogP contribution is -2.13. The quantitative estimate of drug-likeness (QED) is 0.747. The Morgan fingerprint density at radius 3 is 2.33 bits per heavy atom. The van der Waals surface area contributed by atoms with Gasteiger partial charge in [-0.25, -0.2) is 0 Å². The lowest BCUT2D eigenvalue weighted by molar-refractivity contribution is 0.711. The molecule has 1 nitrogen and oxygen atoms in total. The van der Waals surface area contributed by atoms with Crippen LogP contribution in [0.4, 0.5) is 5.69 Å². The van der Waals surface area contributed by atoms with Crippen molar-refractivity contribution in [2.24, 2.45) is 0 Å². The zero-order valence-corrected chi connectivity index (χ0v) is 12.3. The van der Waals surface area contributed by atoms with Crippen LogP contribution in [0.1, 0.15) is 69.6 Å². The minimum Gasteiger partial charge on any atom is -0.383 e. The van der Waals surface area contributed by atoms with Crippen LogP contribution in [0.25, 0.3) is 0 Å². The van der Waals surface area contributed by atoms with Gasteiger partial charge in [-0.2, -0.15) is 0 Å². The first-order valence-corrected chi connectivity index (χ1v) is 7.50. The summed E-state index contributed by atoms with van der Waals surface area (Å²) in [5.41, 5.74) is 6.07. The van der Waals surface area contributed by atoms with Crippen LogP contribution in [-0.2, 0) is 12.8 Å². The molecular formula is C17H27N. The van der Waals surface area contributed by atoms with Crippen LogP contribution in [0.2, 0.25) is 0 Å². The number of nitrogens with one attached hydrogen (secondary N) is 1. The SMILES string of the molecule is CC(C)Nc1cc(C(C)C)cc2c1CCCCC2. The average Bonchev–Trinajstić information content (AvgIpc) is 2.53. The highest BCUT2D eigenvalue weighted by Crippen LogP contribution is 2.31. The summed E-state index contributed by atoms with van der Waals surface area (Å²) >= 11 is 0. The van der Waals surface area contributed by atoms with E-state index in [1.54, 1.807) is 11.1 Å². The van der Waals surface area contributed by atoms with Crippen molar-refractivity contribution in [2.45, 2.75) is 71.8 Å². The highest BCUT2D eigenvalue weighted by atomic mass is 14.9. The summed E-state index contributed by atoms with van der Waals surface area (Å²) in [6, 6.07) is 5.35. The van der Waals surface area contributed by atoms with Gasteiger partial charge in [0.25, 0.3) is 0 Å². The monoisotopic (exact) mass is 245 g/mol. The van der Waals surface area contributed by atoms with Crippen LogP contribution in [-0.4, -0.2) is 6.04 Å². The number of rotatable bonds is 3. The molecule has 100 valence electrons. The summed E-state index contributed by atoms with van der Waals surface area (Å²) in [6.07, 6.45) is 6.61. The Balaban J connectivity index is 2.43. The van der Waals surface area contributed by atoms with Crippen molar-refractivity contribution in [3.05, 3.63) is 28.8 Å². The zero-order chi connectivity index (χ0) is 13.1. The number of hydrogen-bond acceptors (Lipinski definition) is 1. The van der Waals surface area contributed by atoms with Gasteiger partial charge in [0.15, 0.2) is 0 Å². The Morgan fingerprint density at radius 2 is 1.67 bits per heavy atom. The molecule has 0 bridgehead atoms. The van der Waals surface area contributed by atoms with E-state index in [0.29, 0.717) is 12.0 Å². The molecule has 0 radical (unpaired) electrons. The van der Waals surface area contributed by atoms with Crippen LogP contribution in [0.3, 0.4) is 0 Å². The van der Waals surface area contributed by atoms with Crippen molar-refractivity contribution in [2.75, 3.05) is 5.32 Å². The Labute approximate surface area is 112 Å². The van der Waals surface area contributed by atoms with E-state index in [9.17, 15) is 0 Å². The van der Waals surface area contributed by atoms with Crippen molar-refractivity contribution in [3.63, 3.8) is 0 Å². The fourth-order valence-corrected chi connectivity index (χ4v) is 2.84. The van der Waals surface area contributed by atoms with E-state index < -0.39 is 0 Å². The molecule has 1 aromatic carbocycles. The second kappa shape index (κ2) is 5.77. The molecule has 2 rings (SSSR count). The Hall–Kier alpha value is -0.980. The van der Waals surface area contributed by atoms with E-state index in [0.717, 1.165) is 0 Å². The number of benzene rings is 1. The summed E-state index contributed by atoms with van der Waals surface area (Å²) in [7, 11) is 0. The standard InChI is InChI=1S/C17H27N/c1-12(2)15-10-14-8-6-5-7-9-16(14)17(11-15)18-13(3)4/h10-13,18H,5-9H2,1-4H3. The van der Waals surface area contributed by atoms with Crippen LogP contribution >= 0.6 is 0 Å². The normalized spacial score (nSPS) is 15.7. The predicted octanol–water partition coefficient (Wildman–Crippen LogP) is 4.90. The molecule has 0 spiro atoms. The average molecular weight is 245 g/mol. The summed E-state index contributed by atoms with van der Waals surface area (Å²) in [6.45, 7) is 9.03. The third kappa shape index (κ3) is 3.07. The summed E-state index contributed by atoms with van der Waals surface area (Å²) < 4.78 is 0. The van der Waals surface area contributed by atoms with Gasteiger partial charge in [-0.15, -0.1) is 0 Å². The molecule has 1 heteroatoms. The Morgan fingerprint density at radius 1 is 0.944 bits per heavy atom. The van der Waals surface area contributed by atoms with E-state index >= 15 is 0 Å². The molecule has 1 N–H and O–H groups in total. The third-order valence-corrected chi connectivity index (χ3v) is 3.85. The van der Waals surface area contributed by atoms with E-state index in [1.807, 2.05) is 0 Å². The lowest BCUT2D eigenvalue weighted by Gasteiger charge is -2.20. The fourth-order valence-electron chi connectivity index (χ4n) is 2.84. The molecular weight excluding hydrogens is 218 g/mol. The van der Waals surface area contributed by atoms with E-state index in [4.69, 9.17) is 0 Å². The molecule has 0 saturated heterocycles. The first-order valence-electron chi connectivity index (χ1n) is 7.50. The highest BCUT2D eigenvalue weighted by Gasteiger charge is 2.15. The molecule has 0 unspecified atom stereocenters. The van der Waals surface area contributed by atoms with Gasteiger partial charge >= 0.3 is 0 Å². The van der Waals surface area contributed by atoms with E-state index in [2.05, 4.69) is 45.1 Å². The fraction of sp³-hybridized carbons (Fsp3) is 0.647. The van der Waals surface area contributed by atoms with Gasteiger partial charge in [-0.05, 0) is 68.2 Å². The van der Waals surface area contributed by atoms with Gasteiger partial charge in [-0.1, -0.05) is 26.3 Å². The molecule has 0 heterocycles. The van der Waals surface area contributed by atoms with Crippen molar-refractivity contribution in [1.29, 1.82) is 0 Å². The van der Waals surface area contributed by atoms with Gasteiger partial charge in [0.2, 0.25) is 0 Å². The van der Waals surface area contributed by atoms with Gasteiger partial charge in [0, 0.05) is 11.7 Å². The first-order chi connectivity index (χ1) is 8.58. The second-order valence-corrected chi connectivity index (χ2v) is 6.22. The molecule has 0 aliphatic heterocycles. The number of anilines is 1. The largest absolute Gasteiger partial charge is 0.383 e. The van der Waals surface area contributed by atoms with Crippen molar-refractivity contribution in [3.8, 4) is 0 Å². The molecule has 1 aliphatic carbocycles. The van der Waals surface area contributed by atoms with Crippen molar-refractivity contribution < 1.29 is 0 Å². The Bertz CT molecular complexity index is 404. The van der Waals surface area contributed by atoms with E-state index in [-0.39, 0.29) is 0 Å². The van der Waals surface area contributed by atoms with Crippen LogP contribution in [0.15, 0.2) is 12.1 Å². The number of aryl methyl sites for hydroxylation is 1. The maximum absolute atomic E-state index is 3.66. The maximum Gasteiger partial charge on any atom is 0.0380 e. The zero-order valence-electron chi connectivity index (χ0n) is 12.3. The molecule has 0 atom stereocenters. The van der Waals surface area contributed by atoms with Crippen LogP contribution in [0.5, 0.6) is 0 Å². The minimum absolute atomic E-state index is 0.514. The van der Waals surface area contributed by atoms with Gasteiger partial charge in [-0.3, -0.25) is 0 Å². The highest BCUT2D eigenvalue weighted by molar-refractivity contribution is 5.58. The summed E-state index contributed by atoms with van der Waals surface area (Å²) in [5.74, 6) is 0.617. The predicted molar refractivity (Wildman–Crippen MR) is 80.5 cm³/mol. The number of hydrogen-bond donors (Lipinski definition) is 1.